The number of amides is 1. The summed E-state index contributed by atoms with van der Waals surface area (Å²) in [6.07, 6.45) is 0.501. The summed E-state index contributed by atoms with van der Waals surface area (Å²) < 4.78 is 43.2. The van der Waals surface area contributed by atoms with Crippen LogP contribution in [0.15, 0.2) is 75.1 Å². The minimum absolute atomic E-state index is 0.0117. The monoisotopic (exact) mass is 542 g/mol. The Bertz CT molecular complexity index is 1780. The number of aromatic nitrogens is 2. The minimum atomic E-state index is -4.23. The molecular formula is C25H20ClFN4O5S. The van der Waals surface area contributed by atoms with Crippen LogP contribution >= 0.6 is 11.6 Å². The number of aromatic amines is 1. The van der Waals surface area contributed by atoms with Crippen molar-refractivity contribution < 1.29 is 17.6 Å². The Morgan fingerprint density at radius 1 is 1.08 bits per heavy atom. The molecule has 0 unspecified atom stereocenters. The topological polar surface area (TPSA) is 121 Å². The van der Waals surface area contributed by atoms with Crippen LogP contribution in [0.2, 0.25) is 5.02 Å². The summed E-state index contributed by atoms with van der Waals surface area (Å²) in [5.74, 6) is -1.15. The van der Waals surface area contributed by atoms with Crippen molar-refractivity contribution in [3.05, 3.63) is 97.9 Å². The van der Waals surface area contributed by atoms with E-state index in [1.165, 1.54) is 16.7 Å². The third-order valence-electron chi connectivity index (χ3n) is 6.17. The molecule has 2 heterocycles. The lowest BCUT2D eigenvalue weighted by Crippen LogP contribution is -2.34. The van der Waals surface area contributed by atoms with E-state index in [1.807, 2.05) is 0 Å². The predicted octanol–water partition coefficient (Wildman–Crippen LogP) is 3.26. The molecule has 12 heteroatoms. The van der Waals surface area contributed by atoms with E-state index in [0.29, 0.717) is 29.6 Å². The van der Waals surface area contributed by atoms with E-state index in [-0.39, 0.29) is 29.6 Å². The lowest BCUT2D eigenvalue weighted by molar-refractivity contribution is -0.118. The molecule has 0 saturated carbocycles. The van der Waals surface area contributed by atoms with Gasteiger partial charge in [-0.1, -0.05) is 23.7 Å². The van der Waals surface area contributed by atoms with Gasteiger partial charge in [-0.15, -0.1) is 0 Å². The van der Waals surface area contributed by atoms with Gasteiger partial charge in [-0.3, -0.25) is 23.9 Å². The second kappa shape index (κ2) is 9.49. The lowest BCUT2D eigenvalue weighted by Gasteiger charge is -2.18. The van der Waals surface area contributed by atoms with E-state index in [0.717, 1.165) is 17.7 Å². The number of nitrogens with zero attached hydrogens (tertiary/aromatic N) is 2. The smallest absolute Gasteiger partial charge is 0.312 e. The van der Waals surface area contributed by atoms with Crippen LogP contribution in [0.4, 0.5) is 15.8 Å². The highest BCUT2D eigenvalue weighted by molar-refractivity contribution is 7.92. The Morgan fingerprint density at radius 2 is 1.86 bits per heavy atom. The SMILES string of the molecule is O=C(CCn1c(=O)[nH]c(=O)c2ccccc21)N1CCc2cc(NS(=O)(=O)c3cc(Cl)ccc3F)ccc21. The first kappa shape index (κ1) is 24.7. The average molecular weight is 543 g/mol. The lowest BCUT2D eigenvalue weighted by atomic mass is 10.1. The number of H-pyrrole nitrogens is 1. The van der Waals surface area contributed by atoms with Crippen LogP contribution in [0.3, 0.4) is 0 Å². The third-order valence-corrected chi connectivity index (χ3v) is 7.80. The number of hydrogen-bond acceptors (Lipinski definition) is 5. The normalized spacial score (nSPS) is 13.1. The zero-order chi connectivity index (χ0) is 26.3. The van der Waals surface area contributed by atoms with Crippen LogP contribution in [0.25, 0.3) is 10.9 Å². The fourth-order valence-electron chi connectivity index (χ4n) is 4.42. The van der Waals surface area contributed by atoms with E-state index in [9.17, 15) is 27.2 Å². The number of carbonyl (C=O) groups excluding carboxylic acids is 1. The van der Waals surface area contributed by atoms with Gasteiger partial charge < -0.3 is 4.90 Å². The number of fused-ring (bicyclic) bond motifs is 2. The maximum Gasteiger partial charge on any atom is 0.328 e. The van der Waals surface area contributed by atoms with Gasteiger partial charge in [0.2, 0.25) is 5.91 Å². The summed E-state index contributed by atoms with van der Waals surface area (Å²) in [4.78, 5) is 40.7. The summed E-state index contributed by atoms with van der Waals surface area (Å²) >= 11 is 5.83. The van der Waals surface area contributed by atoms with Gasteiger partial charge in [-0.25, -0.2) is 17.6 Å². The van der Waals surface area contributed by atoms with Crippen molar-refractivity contribution in [2.24, 2.45) is 0 Å². The van der Waals surface area contributed by atoms with Crippen molar-refractivity contribution in [2.75, 3.05) is 16.2 Å². The van der Waals surface area contributed by atoms with Crippen LogP contribution in [-0.2, 0) is 27.8 Å². The number of aryl methyl sites for hydroxylation is 1. The van der Waals surface area contributed by atoms with Crippen LogP contribution in [-0.4, -0.2) is 30.4 Å². The van der Waals surface area contributed by atoms with Gasteiger partial charge in [0.25, 0.3) is 15.6 Å². The molecule has 0 radical (unpaired) electrons. The van der Waals surface area contributed by atoms with Gasteiger partial charge in [-0.05, 0) is 60.5 Å². The number of carbonyl (C=O) groups is 1. The summed E-state index contributed by atoms with van der Waals surface area (Å²) in [5.41, 5.74) is 0.956. The van der Waals surface area contributed by atoms with Crippen molar-refractivity contribution in [3.8, 4) is 0 Å². The van der Waals surface area contributed by atoms with E-state index in [1.54, 1.807) is 41.3 Å². The number of rotatable bonds is 6. The van der Waals surface area contributed by atoms with E-state index in [2.05, 4.69) is 9.71 Å². The van der Waals surface area contributed by atoms with Crippen LogP contribution < -0.4 is 20.9 Å². The van der Waals surface area contributed by atoms with Gasteiger partial charge in [0.1, 0.15) is 10.7 Å². The van der Waals surface area contributed by atoms with Crippen molar-refractivity contribution in [1.29, 1.82) is 0 Å². The van der Waals surface area contributed by atoms with Gasteiger partial charge in [0, 0.05) is 35.9 Å². The molecule has 9 nitrogen and oxygen atoms in total. The first-order valence-electron chi connectivity index (χ1n) is 11.3. The van der Waals surface area contributed by atoms with Crippen molar-refractivity contribution in [2.45, 2.75) is 24.3 Å². The number of sulfonamides is 1. The van der Waals surface area contributed by atoms with Crippen molar-refractivity contribution in [1.82, 2.24) is 9.55 Å². The molecule has 2 N–H and O–H groups in total. The molecule has 5 rings (SSSR count). The molecule has 37 heavy (non-hydrogen) atoms. The molecule has 1 aliphatic rings. The summed E-state index contributed by atoms with van der Waals surface area (Å²) in [5, 5.41) is 0.440. The molecule has 0 aliphatic carbocycles. The summed E-state index contributed by atoms with van der Waals surface area (Å²) in [6.45, 7) is 0.457. The zero-order valence-corrected chi connectivity index (χ0v) is 20.8. The van der Waals surface area contributed by atoms with Gasteiger partial charge in [0.05, 0.1) is 10.9 Å². The minimum Gasteiger partial charge on any atom is -0.312 e. The Hall–Kier alpha value is -3.96. The van der Waals surface area contributed by atoms with E-state index < -0.39 is 32.0 Å². The summed E-state index contributed by atoms with van der Waals surface area (Å²) in [7, 11) is -4.23. The Labute approximate surface area is 215 Å². The molecule has 1 aliphatic heterocycles. The Balaban J connectivity index is 1.33. The zero-order valence-electron chi connectivity index (χ0n) is 19.2. The highest BCUT2D eigenvalue weighted by Gasteiger charge is 2.26. The fraction of sp³-hybridized carbons (Fsp3) is 0.160. The standard InChI is InChI=1S/C25H20ClFN4O5S/c26-16-5-7-19(27)22(14-16)37(35,36)29-17-6-8-20-15(13-17)9-11-30(20)23(32)10-12-31-21-4-2-1-3-18(21)24(33)28-25(31)34/h1-8,13-14,29H,9-12H2,(H,28,33,34). The quantitative estimate of drug-likeness (QED) is 0.387. The van der Waals surface area contributed by atoms with Crippen LogP contribution in [0.1, 0.15) is 12.0 Å². The fourth-order valence-corrected chi connectivity index (χ4v) is 5.82. The van der Waals surface area contributed by atoms with E-state index in [4.69, 9.17) is 11.6 Å². The first-order chi connectivity index (χ1) is 17.6. The second-order valence-electron chi connectivity index (χ2n) is 8.50. The van der Waals surface area contributed by atoms with Crippen LogP contribution in [0.5, 0.6) is 0 Å². The average Bonchev–Trinajstić information content (AvgIpc) is 3.28. The number of benzene rings is 3. The number of nitrogens with one attached hydrogen (secondary N) is 2. The molecule has 1 aromatic heterocycles. The number of halogens is 2. The third kappa shape index (κ3) is 4.75. The summed E-state index contributed by atoms with van der Waals surface area (Å²) in [6, 6.07) is 14.6. The molecule has 0 bridgehead atoms. The maximum absolute atomic E-state index is 14.1. The second-order valence-corrected chi connectivity index (χ2v) is 10.6. The number of anilines is 2. The number of hydrogen-bond donors (Lipinski definition) is 2. The van der Waals surface area contributed by atoms with Gasteiger partial charge >= 0.3 is 5.69 Å². The predicted molar refractivity (Wildman–Crippen MR) is 138 cm³/mol. The van der Waals surface area contributed by atoms with Crippen molar-refractivity contribution in [3.63, 3.8) is 0 Å². The molecule has 0 fully saturated rings. The number of para-hydroxylation sites is 1. The maximum atomic E-state index is 14.1. The Morgan fingerprint density at radius 3 is 2.68 bits per heavy atom. The van der Waals surface area contributed by atoms with Crippen LogP contribution in [0, 0.1) is 5.82 Å². The Kier molecular flexibility index (Phi) is 6.34. The molecule has 0 spiro atoms. The largest absolute Gasteiger partial charge is 0.328 e. The highest BCUT2D eigenvalue weighted by atomic mass is 35.5. The molecule has 0 atom stereocenters. The van der Waals surface area contributed by atoms with Crippen molar-refractivity contribution >= 4 is 49.8 Å². The molecule has 4 aromatic rings. The van der Waals surface area contributed by atoms with E-state index >= 15 is 0 Å². The molecule has 3 aromatic carbocycles. The van der Waals surface area contributed by atoms with Gasteiger partial charge in [0.15, 0.2) is 0 Å². The van der Waals surface area contributed by atoms with Gasteiger partial charge in [-0.2, -0.15) is 0 Å². The molecule has 0 saturated heterocycles. The molecule has 1 amide bonds. The molecule has 190 valence electrons. The first-order valence-corrected chi connectivity index (χ1v) is 13.1. The highest BCUT2D eigenvalue weighted by Crippen LogP contribution is 2.32. The molecular weight excluding hydrogens is 523 g/mol.